The van der Waals surface area contributed by atoms with Crippen molar-refractivity contribution in [3.63, 3.8) is 0 Å². The molecule has 2 rings (SSSR count). The van der Waals surface area contributed by atoms with Crippen LogP contribution in [0.5, 0.6) is 5.75 Å². The average molecular weight is 368 g/mol. The number of rotatable bonds is 7. The Labute approximate surface area is 150 Å². The maximum absolute atomic E-state index is 12.4. The molecule has 0 N–H and O–H groups in total. The number of hydrogen-bond donors (Lipinski definition) is 0. The minimum atomic E-state index is -3.47. The van der Waals surface area contributed by atoms with Crippen molar-refractivity contribution in [2.45, 2.75) is 44.4 Å². The van der Waals surface area contributed by atoms with Gasteiger partial charge < -0.3 is 9.64 Å². The predicted molar refractivity (Wildman–Crippen MR) is 97.1 cm³/mol. The number of hydrogen-bond acceptors (Lipinski definition) is 4. The molecule has 1 aromatic carbocycles. The van der Waals surface area contributed by atoms with Crippen LogP contribution in [0.15, 0.2) is 29.2 Å². The molecule has 0 atom stereocenters. The van der Waals surface area contributed by atoms with Gasteiger partial charge in [-0.15, -0.1) is 0 Å². The van der Waals surface area contributed by atoms with E-state index in [9.17, 15) is 13.2 Å². The van der Waals surface area contributed by atoms with Crippen LogP contribution in [0, 0.1) is 0 Å². The molecule has 25 heavy (non-hydrogen) atoms. The fourth-order valence-corrected chi connectivity index (χ4v) is 4.43. The summed E-state index contributed by atoms with van der Waals surface area (Å²) in [5.41, 5.74) is 0. The zero-order valence-electron chi connectivity index (χ0n) is 15.1. The van der Waals surface area contributed by atoms with Crippen molar-refractivity contribution in [2.24, 2.45) is 0 Å². The Balaban J connectivity index is 1.95. The van der Waals surface area contributed by atoms with E-state index in [0.29, 0.717) is 18.8 Å². The van der Waals surface area contributed by atoms with E-state index in [2.05, 4.69) is 0 Å². The lowest BCUT2D eigenvalue weighted by molar-refractivity contribution is -0.133. The molecular formula is C18H28N2O4S. The smallest absolute Gasteiger partial charge is 0.260 e. The first kappa shape index (κ1) is 19.7. The van der Waals surface area contributed by atoms with Crippen LogP contribution in [-0.2, 0) is 14.8 Å². The molecule has 1 aromatic rings. The maximum atomic E-state index is 12.4. The number of carbonyl (C=O) groups is 1. The molecule has 1 fully saturated rings. The highest BCUT2D eigenvalue weighted by Gasteiger charge is 2.21. The molecule has 140 valence electrons. The number of amides is 1. The summed E-state index contributed by atoms with van der Waals surface area (Å²) in [4.78, 5) is 14.3. The van der Waals surface area contributed by atoms with Crippen LogP contribution < -0.4 is 4.74 Å². The third-order valence-corrected chi connectivity index (χ3v) is 6.55. The molecular weight excluding hydrogens is 340 g/mol. The Morgan fingerprint density at radius 2 is 1.60 bits per heavy atom. The van der Waals surface area contributed by atoms with Crippen LogP contribution >= 0.6 is 0 Å². The van der Waals surface area contributed by atoms with Crippen molar-refractivity contribution in [2.75, 3.05) is 32.8 Å². The Bertz CT molecular complexity index is 646. The summed E-state index contributed by atoms with van der Waals surface area (Å²) in [5, 5.41) is 0. The van der Waals surface area contributed by atoms with Crippen LogP contribution in [0.1, 0.15) is 39.5 Å². The van der Waals surface area contributed by atoms with Gasteiger partial charge in [-0.25, -0.2) is 8.42 Å². The van der Waals surface area contributed by atoms with Crippen molar-refractivity contribution < 1.29 is 17.9 Å². The van der Waals surface area contributed by atoms with Crippen LogP contribution in [0.2, 0.25) is 0 Å². The van der Waals surface area contributed by atoms with E-state index in [4.69, 9.17) is 4.74 Å². The molecule has 0 saturated carbocycles. The minimum Gasteiger partial charge on any atom is -0.484 e. The third kappa shape index (κ3) is 5.19. The Morgan fingerprint density at radius 3 is 2.12 bits per heavy atom. The average Bonchev–Trinajstić information content (AvgIpc) is 2.90. The van der Waals surface area contributed by atoms with E-state index in [-0.39, 0.29) is 17.4 Å². The van der Waals surface area contributed by atoms with E-state index in [1.165, 1.54) is 29.3 Å². The third-order valence-electron chi connectivity index (χ3n) is 4.49. The fourth-order valence-electron chi connectivity index (χ4n) is 2.98. The van der Waals surface area contributed by atoms with Gasteiger partial charge in [0.2, 0.25) is 10.0 Å². The molecule has 0 aliphatic carbocycles. The first-order valence-corrected chi connectivity index (χ1v) is 10.4. The summed E-state index contributed by atoms with van der Waals surface area (Å²) < 4.78 is 31.8. The second kappa shape index (κ2) is 9.20. The van der Waals surface area contributed by atoms with Crippen LogP contribution in [0.4, 0.5) is 0 Å². The second-order valence-corrected chi connectivity index (χ2v) is 8.08. The molecule has 6 nitrogen and oxygen atoms in total. The van der Waals surface area contributed by atoms with Crippen molar-refractivity contribution >= 4 is 15.9 Å². The second-order valence-electron chi connectivity index (χ2n) is 6.14. The fraction of sp³-hybridized carbons (Fsp3) is 0.611. The Kier molecular flexibility index (Phi) is 7.25. The van der Waals surface area contributed by atoms with Gasteiger partial charge in [0.05, 0.1) is 4.90 Å². The van der Waals surface area contributed by atoms with Gasteiger partial charge in [-0.2, -0.15) is 4.31 Å². The molecule has 1 saturated heterocycles. The van der Waals surface area contributed by atoms with E-state index in [1.54, 1.807) is 12.1 Å². The lowest BCUT2D eigenvalue weighted by Crippen LogP contribution is -2.35. The van der Waals surface area contributed by atoms with Crippen molar-refractivity contribution in [3.8, 4) is 5.75 Å². The van der Waals surface area contributed by atoms with E-state index >= 15 is 0 Å². The number of carbonyl (C=O) groups excluding carboxylic acids is 1. The lowest BCUT2D eigenvalue weighted by Gasteiger charge is -2.20. The van der Waals surface area contributed by atoms with Gasteiger partial charge in [0.1, 0.15) is 5.75 Å². The highest BCUT2D eigenvalue weighted by atomic mass is 32.2. The monoisotopic (exact) mass is 368 g/mol. The number of sulfonamides is 1. The zero-order valence-corrected chi connectivity index (χ0v) is 15.9. The van der Waals surface area contributed by atoms with Gasteiger partial charge in [-0.1, -0.05) is 26.7 Å². The van der Waals surface area contributed by atoms with E-state index < -0.39 is 10.0 Å². The number of nitrogens with zero attached hydrogens (tertiary/aromatic N) is 2. The SMILES string of the molecule is CCN(CC)S(=O)(=O)c1ccc(OCC(=O)N2CCCCCC2)cc1. The van der Waals surface area contributed by atoms with Gasteiger partial charge in [0, 0.05) is 26.2 Å². The molecule has 0 unspecified atom stereocenters. The molecule has 0 radical (unpaired) electrons. The minimum absolute atomic E-state index is 0.0118. The first-order valence-electron chi connectivity index (χ1n) is 8.99. The summed E-state index contributed by atoms with van der Waals surface area (Å²) in [6, 6.07) is 6.26. The van der Waals surface area contributed by atoms with Gasteiger partial charge >= 0.3 is 0 Å². The molecule has 0 aromatic heterocycles. The summed E-state index contributed by atoms with van der Waals surface area (Å²) >= 11 is 0. The quantitative estimate of drug-likeness (QED) is 0.742. The lowest BCUT2D eigenvalue weighted by atomic mass is 10.2. The number of benzene rings is 1. The molecule has 1 heterocycles. The maximum Gasteiger partial charge on any atom is 0.260 e. The van der Waals surface area contributed by atoms with Gasteiger partial charge in [-0.05, 0) is 37.1 Å². The van der Waals surface area contributed by atoms with Crippen molar-refractivity contribution in [1.82, 2.24) is 9.21 Å². The zero-order chi connectivity index (χ0) is 18.3. The van der Waals surface area contributed by atoms with E-state index in [1.807, 2.05) is 18.7 Å². The normalized spacial score (nSPS) is 15.9. The van der Waals surface area contributed by atoms with E-state index in [0.717, 1.165) is 25.9 Å². The topological polar surface area (TPSA) is 66.9 Å². The molecule has 1 aliphatic rings. The summed E-state index contributed by atoms with van der Waals surface area (Å²) in [6.45, 7) is 6.07. The highest BCUT2D eigenvalue weighted by Crippen LogP contribution is 2.19. The summed E-state index contributed by atoms with van der Waals surface area (Å²) in [5.74, 6) is 0.489. The number of likely N-dealkylation sites (tertiary alicyclic amines) is 1. The standard InChI is InChI=1S/C18H28N2O4S/c1-3-20(4-2)25(22,23)17-11-9-16(10-12-17)24-15-18(21)19-13-7-5-6-8-14-19/h9-12H,3-8,13-15H2,1-2H3. The summed E-state index contributed by atoms with van der Waals surface area (Å²) in [6.07, 6.45) is 4.44. The molecule has 1 amide bonds. The van der Waals surface area contributed by atoms with Crippen molar-refractivity contribution in [3.05, 3.63) is 24.3 Å². The first-order chi connectivity index (χ1) is 12.0. The van der Waals surface area contributed by atoms with Gasteiger partial charge in [0.25, 0.3) is 5.91 Å². The molecule has 1 aliphatic heterocycles. The van der Waals surface area contributed by atoms with Crippen LogP contribution in [0.3, 0.4) is 0 Å². The Hall–Kier alpha value is -1.60. The van der Waals surface area contributed by atoms with Gasteiger partial charge in [-0.3, -0.25) is 4.79 Å². The Morgan fingerprint density at radius 1 is 1.04 bits per heavy atom. The predicted octanol–water partition coefficient (Wildman–Crippen LogP) is 2.50. The molecule has 0 bridgehead atoms. The van der Waals surface area contributed by atoms with Gasteiger partial charge in [0.15, 0.2) is 6.61 Å². The van der Waals surface area contributed by atoms with Crippen LogP contribution in [-0.4, -0.2) is 56.3 Å². The summed E-state index contributed by atoms with van der Waals surface area (Å²) in [7, 11) is -3.47. The van der Waals surface area contributed by atoms with Crippen molar-refractivity contribution in [1.29, 1.82) is 0 Å². The number of ether oxygens (including phenoxy) is 1. The van der Waals surface area contributed by atoms with Crippen LogP contribution in [0.25, 0.3) is 0 Å². The molecule has 0 spiro atoms. The highest BCUT2D eigenvalue weighted by molar-refractivity contribution is 7.89. The molecule has 7 heteroatoms. The largest absolute Gasteiger partial charge is 0.484 e.